The van der Waals surface area contributed by atoms with E-state index in [4.69, 9.17) is 0 Å². The van der Waals surface area contributed by atoms with Crippen LogP contribution in [0, 0.1) is 0 Å². The lowest BCUT2D eigenvalue weighted by Gasteiger charge is -2.21. The van der Waals surface area contributed by atoms with Gasteiger partial charge in [-0.25, -0.2) is 4.79 Å². The number of carbonyl (C=O) groups is 1. The molecule has 1 heterocycles. The van der Waals surface area contributed by atoms with E-state index >= 15 is 0 Å². The standard InChI is InChI=1S/C16H19N3O2/c20-15(18-11-16(21)8-9-17-10-16)19-14-7-3-5-12-4-1-2-6-13(12)14/h1-7,17,21H,8-11H2,(H2,18,19,20)/t16-/m0/s1. The molecule has 2 aromatic rings. The lowest BCUT2D eigenvalue weighted by molar-refractivity contribution is 0.0640. The van der Waals surface area contributed by atoms with Crippen molar-refractivity contribution in [1.29, 1.82) is 0 Å². The summed E-state index contributed by atoms with van der Waals surface area (Å²) in [4.78, 5) is 12.0. The Balaban J connectivity index is 1.66. The van der Waals surface area contributed by atoms with Crippen LogP contribution in [0.15, 0.2) is 42.5 Å². The highest BCUT2D eigenvalue weighted by molar-refractivity contribution is 6.01. The first-order valence-electron chi connectivity index (χ1n) is 7.12. The second-order valence-corrected chi connectivity index (χ2v) is 5.49. The third kappa shape index (κ3) is 3.15. The van der Waals surface area contributed by atoms with Crippen LogP contribution in [0.5, 0.6) is 0 Å². The monoisotopic (exact) mass is 285 g/mol. The number of aliphatic hydroxyl groups is 1. The van der Waals surface area contributed by atoms with Gasteiger partial charge < -0.3 is 21.1 Å². The van der Waals surface area contributed by atoms with Crippen molar-refractivity contribution in [2.75, 3.05) is 25.0 Å². The first-order chi connectivity index (χ1) is 10.2. The molecule has 1 aliphatic heterocycles. The molecule has 2 aromatic carbocycles. The first-order valence-corrected chi connectivity index (χ1v) is 7.12. The topological polar surface area (TPSA) is 73.4 Å². The van der Waals surface area contributed by atoms with E-state index in [9.17, 15) is 9.90 Å². The molecule has 21 heavy (non-hydrogen) atoms. The number of β-amino-alcohol motifs (C(OH)–C–C–N with tert-alkyl or cyclic N) is 1. The highest BCUT2D eigenvalue weighted by Crippen LogP contribution is 2.22. The summed E-state index contributed by atoms with van der Waals surface area (Å²) in [5.74, 6) is 0. The summed E-state index contributed by atoms with van der Waals surface area (Å²) in [6.45, 7) is 1.54. The lowest BCUT2D eigenvalue weighted by Crippen LogP contribution is -2.45. The van der Waals surface area contributed by atoms with Crippen LogP contribution in [0.4, 0.5) is 10.5 Å². The van der Waals surface area contributed by atoms with Gasteiger partial charge in [-0.3, -0.25) is 0 Å². The molecule has 0 spiro atoms. The molecular formula is C16H19N3O2. The number of hydrogen-bond donors (Lipinski definition) is 4. The molecule has 0 aliphatic carbocycles. The first kappa shape index (κ1) is 13.9. The van der Waals surface area contributed by atoms with Crippen LogP contribution in [-0.2, 0) is 0 Å². The lowest BCUT2D eigenvalue weighted by atomic mass is 10.0. The van der Waals surface area contributed by atoms with Gasteiger partial charge in [0, 0.05) is 18.5 Å². The summed E-state index contributed by atoms with van der Waals surface area (Å²) >= 11 is 0. The molecule has 0 bridgehead atoms. The Morgan fingerprint density at radius 3 is 2.86 bits per heavy atom. The summed E-state index contributed by atoms with van der Waals surface area (Å²) in [7, 11) is 0. The van der Waals surface area contributed by atoms with Gasteiger partial charge in [-0.15, -0.1) is 0 Å². The molecule has 1 fully saturated rings. The zero-order chi connectivity index (χ0) is 14.7. The summed E-state index contributed by atoms with van der Waals surface area (Å²) in [5, 5.41) is 20.9. The molecule has 5 nitrogen and oxygen atoms in total. The van der Waals surface area contributed by atoms with Gasteiger partial charge in [0.25, 0.3) is 0 Å². The Labute approximate surface area is 123 Å². The highest BCUT2D eigenvalue weighted by atomic mass is 16.3. The van der Waals surface area contributed by atoms with Crippen molar-refractivity contribution in [3.8, 4) is 0 Å². The molecular weight excluding hydrogens is 266 g/mol. The molecule has 0 saturated carbocycles. The van der Waals surface area contributed by atoms with Gasteiger partial charge in [-0.05, 0) is 24.4 Å². The van der Waals surface area contributed by atoms with E-state index in [0.717, 1.165) is 23.0 Å². The maximum absolute atomic E-state index is 12.0. The minimum absolute atomic E-state index is 0.247. The van der Waals surface area contributed by atoms with Crippen molar-refractivity contribution in [1.82, 2.24) is 10.6 Å². The molecule has 0 aromatic heterocycles. The second kappa shape index (κ2) is 5.71. The number of urea groups is 1. The zero-order valence-corrected chi connectivity index (χ0v) is 11.7. The van der Waals surface area contributed by atoms with Crippen LogP contribution in [0.2, 0.25) is 0 Å². The molecule has 0 unspecified atom stereocenters. The van der Waals surface area contributed by atoms with Crippen LogP contribution >= 0.6 is 0 Å². The number of rotatable bonds is 3. The number of anilines is 1. The predicted octanol–water partition coefficient (Wildman–Crippen LogP) is 1.69. The molecule has 2 amide bonds. The van der Waals surface area contributed by atoms with E-state index in [1.807, 2.05) is 42.5 Å². The minimum atomic E-state index is -0.837. The van der Waals surface area contributed by atoms with Gasteiger partial charge >= 0.3 is 6.03 Å². The maximum atomic E-state index is 12.0. The smallest absolute Gasteiger partial charge is 0.319 e. The Hall–Kier alpha value is -2.11. The average Bonchev–Trinajstić information content (AvgIpc) is 2.93. The second-order valence-electron chi connectivity index (χ2n) is 5.49. The van der Waals surface area contributed by atoms with E-state index in [0.29, 0.717) is 13.0 Å². The summed E-state index contributed by atoms with van der Waals surface area (Å²) < 4.78 is 0. The van der Waals surface area contributed by atoms with Gasteiger partial charge in [0.1, 0.15) is 0 Å². The Kier molecular flexibility index (Phi) is 3.77. The van der Waals surface area contributed by atoms with Gasteiger partial charge in [-0.1, -0.05) is 36.4 Å². The third-order valence-electron chi connectivity index (χ3n) is 3.84. The number of amides is 2. The van der Waals surface area contributed by atoms with Gasteiger partial charge in [-0.2, -0.15) is 0 Å². The van der Waals surface area contributed by atoms with Crippen LogP contribution in [0.25, 0.3) is 10.8 Å². The Morgan fingerprint density at radius 2 is 2.05 bits per heavy atom. The van der Waals surface area contributed by atoms with E-state index in [2.05, 4.69) is 16.0 Å². The fraction of sp³-hybridized carbons (Fsp3) is 0.312. The van der Waals surface area contributed by atoms with Gasteiger partial charge in [0.15, 0.2) is 0 Å². The molecule has 1 saturated heterocycles. The van der Waals surface area contributed by atoms with Crippen molar-refractivity contribution in [3.05, 3.63) is 42.5 Å². The average molecular weight is 285 g/mol. The van der Waals surface area contributed by atoms with Crippen molar-refractivity contribution in [2.24, 2.45) is 0 Å². The Morgan fingerprint density at radius 1 is 1.24 bits per heavy atom. The molecule has 5 heteroatoms. The summed E-state index contributed by atoms with van der Waals surface area (Å²) in [5.41, 5.74) is -0.0713. The predicted molar refractivity (Wildman–Crippen MR) is 83.4 cm³/mol. The Bertz CT molecular complexity index is 646. The fourth-order valence-corrected chi connectivity index (χ4v) is 2.63. The van der Waals surface area contributed by atoms with Crippen LogP contribution < -0.4 is 16.0 Å². The van der Waals surface area contributed by atoms with Crippen molar-refractivity contribution < 1.29 is 9.90 Å². The number of hydrogen-bond acceptors (Lipinski definition) is 3. The maximum Gasteiger partial charge on any atom is 0.319 e. The summed E-state index contributed by atoms with van der Waals surface area (Å²) in [6, 6.07) is 13.4. The normalized spacial score (nSPS) is 21.4. The highest BCUT2D eigenvalue weighted by Gasteiger charge is 2.31. The quantitative estimate of drug-likeness (QED) is 0.693. The molecule has 4 N–H and O–H groups in total. The van der Waals surface area contributed by atoms with E-state index in [1.165, 1.54) is 0 Å². The van der Waals surface area contributed by atoms with Crippen LogP contribution in [-0.4, -0.2) is 36.4 Å². The number of benzene rings is 2. The number of carbonyl (C=O) groups excluding carboxylic acids is 1. The van der Waals surface area contributed by atoms with Gasteiger partial charge in [0.05, 0.1) is 11.3 Å². The van der Waals surface area contributed by atoms with Crippen molar-refractivity contribution >= 4 is 22.5 Å². The van der Waals surface area contributed by atoms with E-state index in [1.54, 1.807) is 0 Å². The molecule has 3 rings (SSSR count). The van der Waals surface area contributed by atoms with E-state index < -0.39 is 5.60 Å². The van der Waals surface area contributed by atoms with Crippen LogP contribution in [0.1, 0.15) is 6.42 Å². The van der Waals surface area contributed by atoms with Crippen molar-refractivity contribution in [2.45, 2.75) is 12.0 Å². The third-order valence-corrected chi connectivity index (χ3v) is 3.84. The molecule has 0 radical (unpaired) electrons. The molecule has 1 atom stereocenters. The largest absolute Gasteiger partial charge is 0.387 e. The van der Waals surface area contributed by atoms with Gasteiger partial charge in [0.2, 0.25) is 0 Å². The molecule has 110 valence electrons. The fourth-order valence-electron chi connectivity index (χ4n) is 2.63. The molecule has 1 aliphatic rings. The number of fused-ring (bicyclic) bond motifs is 1. The zero-order valence-electron chi connectivity index (χ0n) is 11.7. The van der Waals surface area contributed by atoms with Crippen molar-refractivity contribution in [3.63, 3.8) is 0 Å². The minimum Gasteiger partial charge on any atom is -0.387 e. The van der Waals surface area contributed by atoms with E-state index in [-0.39, 0.29) is 12.6 Å². The summed E-state index contributed by atoms with van der Waals surface area (Å²) in [6.07, 6.45) is 0.654. The number of nitrogens with one attached hydrogen (secondary N) is 3. The van der Waals surface area contributed by atoms with Crippen LogP contribution in [0.3, 0.4) is 0 Å². The SMILES string of the molecule is O=C(NC[C@]1(O)CCNC1)Nc1cccc2ccccc12.